The van der Waals surface area contributed by atoms with Gasteiger partial charge in [-0.1, -0.05) is 11.6 Å². The number of aryl methyl sites for hydroxylation is 1. The first kappa shape index (κ1) is 22.1. The van der Waals surface area contributed by atoms with Gasteiger partial charge in [0, 0.05) is 48.0 Å². The number of likely N-dealkylation sites (tertiary alicyclic amines) is 1. The van der Waals surface area contributed by atoms with E-state index in [4.69, 9.17) is 17.0 Å². The lowest BCUT2D eigenvalue weighted by molar-refractivity contribution is -0.119. The number of nitrogens with zero attached hydrogens (tertiary/aromatic N) is 2. The Bertz CT molecular complexity index is 1040. The zero-order valence-corrected chi connectivity index (χ0v) is 18.5. The Kier molecular flexibility index (Phi) is 6.34. The molecule has 0 unspecified atom stereocenters. The van der Waals surface area contributed by atoms with Gasteiger partial charge in [0.05, 0.1) is 6.10 Å². The number of halogens is 1. The molecule has 9 heteroatoms. The number of aliphatic hydroxyl groups excluding tert-OH is 1. The van der Waals surface area contributed by atoms with Gasteiger partial charge in [0.15, 0.2) is 0 Å². The third-order valence-corrected chi connectivity index (χ3v) is 6.07. The topological polar surface area (TPSA) is 109 Å². The van der Waals surface area contributed by atoms with Gasteiger partial charge in [-0.15, -0.1) is 0 Å². The molecule has 4 N–H and O–H groups in total. The van der Waals surface area contributed by atoms with E-state index in [2.05, 4.69) is 10.6 Å². The summed E-state index contributed by atoms with van der Waals surface area (Å²) in [6.07, 6.45) is 1.14. The van der Waals surface area contributed by atoms with E-state index in [0.29, 0.717) is 22.2 Å². The molecule has 168 valence electrons. The monoisotopic (exact) mass is 455 g/mol. The van der Waals surface area contributed by atoms with Gasteiger partial charge in [0.2, 0.25) is 5.91 Å². The van der Waals surface area contributed by atoms with Crippen LogP contribution in [0.1, 0.15) is 24.8 Å². The number of β-amino-alcohol motifs (C(OH)–C–C–N with tert-alkyl or cyclic N) is 1. The molecule has 2 aromatic carbocycles. The Labute approximate surface area is 191 Å². The zero-order chi connectivity index (χ0) is 22.8. The number of amidine groups is 1. The van der Waals surface area contributed by atoms with Crippen LogP contribution >= 0.6 is 11.6 Å². The van der Waals surface area contributed by atoms with Crippen LogP contribution in [0.15, 0.2) is 42.5 Å². The summed E-state index contributed by atoms with van der Waals surface area (Å²) in [5, 5.41) is 24.4. The summed E-state index contributed by atoms with van der Waals surface area (Å²) in [5.41, 5.74) is 3.09. The lowest BCUT2D eigenvalue weighted by Crippen LogP contribution is -2.45. The molecule has 0 radical (unpaired) electrons. The van der Waals surface area contributed by atoms with Gasteiger partial charge in [0.25, 0.3) is 0 Å². The van der Waals surface area contributed by atoms with E-state index in [0.717, 1.165) is 30.6 Å². The Hall–Kier alpha value is -3.10. The van der Waals surface area contributed by atoms with Crippen LogP contribution < -0.4 is 15.5 Å². The summed E-state index contributed by atoms with van der Waals surface area (Å²) >= 11 is 5.88. The molecule has 2 aliphatic rings. The fourth-order valence-electron chi connectivity index (χ4n) is 4.22. The molecule has 3 amide bonds. The Morgan fingerprint density at radius 3 is 2.50 bits per heavy atom. The predicted octanol–water partition coefficient (Wildman–Crippen LogP) is 3.83. The van der Waals surface area contributed by atoms with Crippen LogP contribution in [0.5, 0.6) is 0 Å². The Morgan fingerprint density at radius 2 is 1.84 bits per heavy atom. The standard InChI is InChI=1S/C23H26ClN5O3/c1-14-11-17(8-9-19(14)28-10-2-3-21(28)25)26-22(31)20-12-18(30)13-29(20)23(32)27-16-6-4-15(24)5-7-16/h4-9,11,18,20,25,30H,2-3,10,12-13H2,1H3,(H,26,31)(H,27,32)/t18-,20-/m1/s1. The molecule has 2 saturated heterocycles. The van der Waals surface area contributed by atoms with E-state index >= 15 is 0 Å². The zero-order valence-electron chi connectivity index (χ0n) is 17.8. The van der Waals surface area contributed by atoms with Crippen molar-refractivity contribution in [1.29, 1.82) is 5.41 Å². The molecule has 2 aromatic rings. The van der Waals surface area contributed by atoms with E-state index in [9.17, 15) is 14.7 Å². The highest BCUT2D eigenvalue weighted by Crippen LogP contribution is 2.28. The van der Waals surface area contributed by atoms with Crippen LogP contribution in [0.2, 0.25) is 5.02 Å². The number of amides is 3. The Morgan fingerprint density at radius 1 is 1.12 bits per heavy atom. The SMILES string of the molecule is Cc1cc(NC(=O)[C@H]2C[C@@H](O)CN2C(=O)Nc2ccc(Cl)cc2)ccc1N1CCCC1=N. The smallest absolute Gasteiger partial charge is 0.322 e. The molecule has 4 rings (SSSR count). The number of hydrogen-bond acceptors (Lipinski definition) is 4. The number of carbonyl (C=O) groups is 2. The molecule has 0 aliphatic carbocycles. The lowest BCUT2D eigenvalue weighted by atomic mass is 10.1. The summed E-state index contributed by atoms with van der Waals surface area (Å²) in [6.45, 7) is 2.84. The highest BCUT2D eigenvalue weighted by atomic mass is 35.5. The molecule has 2 atom stereocenters. The third-order valence-electron chi connectivity index (χ3n) is 5.81. The quantitative estimate of drug-likeness (QED) is 0.561. The van der Waals surface area contributed by atoms with E-state index in [1.807, 2.05) is 24.0 Å². The van der Waals surface area contributed by atoms with Crippen molar-refractivity contribution < 1.29 is 14.7 Å². The lowest BCUT2D eigenvalue weighted by Gasteiger charge is -2.24. The first-order valence-corrected chi connectivity index (χ1v) is 11.0. The van der Waals surface area contributed by atoms with Gasteiger partial charge in [-0.25, -0.2) is 4.79 Å². The average Bonchev–Trinajstić information content (AvgIpc) is 3.35. The van der Waals surface area contributed by atoms with E-state index < -0.39 is 18.2 Å². The van der Waals surface area contributed by atoms with E-state index in [1.54, 1.807) is 30.3 Å². The minimum atomic E-state index is -0.788. The van der Waals surface area contributed by atoms with Gasteiger partial charge >= 0.3 is 6.03 Å². The van der Waals surface area contributed by atoms with Crippen LogP contribution in [0.3, 0.4) is 0 Å². The second kappa shape index (κ2) is 9.18. The molecule has 32 heavy (non-hydrogen) atoms. The van der Waals surface area contributed by atoms with Crippen molar-refractivity contribution in [3.05, 3.63) is 53.1 Å². The number of benzene rings is 2. The van der Waals surface area contributed by atoms with Gasteiger partial charge in [-0.2, -0.15) is 0 Å². The summed E-state index contributed by atoms with van der Waals surface area (Å²) in [7, 11) is 0. The molecule has 0 saturated carbocycles. The second-order valence-corrected chi connectivity index (χ2v) is 8.62. The first-order valence-electron chi connectivity index (χ1n) is 10.6. The number of hydrogen-bond donors (Lipinski definition) is 4. The molecule has 0 aromatic heterocycles. The number of nitrogens with one attached hydrogen (secondary N) is 3. The molecule has 2 aliphatic heterocycles. The number of rotatable bonds is 4. The third kappa shape index (κ3) is 4.71. The number of carbonyl (C=O) groups excluding carboxylic acids is 2. The average molecular weight is 456 g/mol. The van der Waals surface area contributed by atoms with Crippen molar-refractivity contribution in [2.75, 3.05) is 28.6 Å². The summed E-state index contributed by atoms with van der Waals surface area (Å²) in [6, 6.07) is 11.0. The normalized spacial score (nSPS) is 20.5. The van der Waals surface area contributed by atoms with Crippen molar-refractivity contribution >= 4 is 46.4 Å². The second-order valence-electron chi connectivity index (χ2n) is 8.19. The maximum absolute atomic E-state index is 13.0. The first-order chi connectivity index (χ1) is 15.3. The van der Waals surface area contributed by atoms with Crippen LogP contribution in [0.25, 0.3) is 0 Å². The van der Waals surface area contributed by atoms with E-state index in [-0.39, 0.29) is 18.9 Å². The highest BCUT2D eigenvalue weighted by Gasteiger charge is 2.39. The molecule has 2 fully saturated rings. The molecule has 0 bridgehead atoms. The summed E-state index contributed by atoms with van der Waals surface area (Å²) in [5.74, 6) is 0.251. The molecular formula is C23H26ClN5O3. The maximum Gasteiger partial charge on any atom is 0.322 e. The number of urea groups is 1. The minimum absolute atomic E-state index is 0.0759. The van der Waals surface area contributed by atoms with Gasteiger partial charge in [-0.05, 0) is 61.4 Å². The van der Waals surface area contributed by atoms with Crippen LogP contribution in [0.4, 0.5) is 21.9 Å². The fourth-order valence-corrected chi connectivity index (χ4v) is 4.34. The molecular weight excluding hydrogens is 430 g/mol. The van der Waals surface area contributed by atoms with Gasteiger partial charge < -0.3 is 25.5 Å². The van der Waals surface area contributed by atoms with Crippen molar-refractivity contribution in [2.24, 2.45) is 0 Å². The molecule has 8 nitrogen and oxygen atoms in total. The Balaban J connectivity index is 1.44. The maximum atomic E-state index is 13.0. The van der Waals surface area contributed by atoms with Gasteiger partial charge in [0.1, 0.15) is 11.9 Å². The predicted molar refractivity (Wildman–Crippen MR) is 126 cm³/mol. The summed E-state index contributed by atoms with van der Waals surface area (Å²) < 4.78 is 0. The number of aliphatic hydroxyl groups is 1. The van der Waals surface area contributed by atoms with Crippen molar-refractivity contribution in [1.82, 2.24) is 4.90 Å². The van der Waals surface area contributed by atoms with Crippen molar-refractivity contribution in [3.63, 3.8) is 0 Å². The highest BCUT2D eigenvalue weighted by molar-refractivity contribution is 6.30. The molecule has 0 spiro atoms. The fraction of sp³-hybridized carbons (Fsp3) is 0.348. The minimum Gasteiger partial charge on any atom is -0.391 e. The van der Waals surface area contributed by atoms with Gasteiger partial charge in [-0.3, -0.25) is 10.2 Å². The number of anilines is 3. The largest absolute Gasteiger partial charge is 0.391 e. The molecule has 2 heterocycles. The van der Waals surface area contributed by atoms with Crippen molar-refractivity contribution in [3.8, 4) is 0 Å². The van der Waals surface area contributed by atoms with Crippen molar-refractivity contribution in [2.45, 2.75) is 38.3 Å². The van der Waals surface area contributed by atoms with Crippen LogP contribution in [-0.4, -0.2) is 53.0 Å². The summed E-state index contributed by atoms with van der Waals surface area (Å²) in [4.78, 5) is 29.1. The van der Waals surface area contributed by atoms with Crippen LogP contribution in [0, 0.1) is 12.3 Å². The van der Waals surface area contributed by atoms with E-state index in [1.165, 1.54) is 4.90 Å². The van der Waals surface area contributed by atoms with Crippen LogP contribution in [-0.2, 0) is 4.79 Å².